The van der Waals surface area contributed by atoms with Crippen molar-refractivity contribution < 1.29 is 19.0 Å². The zero-order chi connectivity index (χ0) is 13.8. The van der Waals surface area contributed by atoms with Gasteiger partial charge in [-0.3, -0.25) is 0 Å². The van der Waals surface area contributed by atoms with Crippen molar-refractivity contribution in [1.82, 2.24) is 0 Å². The van der Waals surface area contributed by atoms with Crippen LogP contribution in [0.1, 0.15) is 11.0 Å². The van der Waals surface area contributed by atoms with Crippen LogP contribution in [-0.2, 0) is 6.37 Å². The third-order valence-electron chi connectivity index (χ3n) is 1.62. The third kappa shape index (κ3) is 1.83. The van der Waals surface area contributed by atoms with Gasteiger partial charge >= 0.3 is 5.44 Å². The number of thioether (sulfide) groups is 1. The lowest BCUT2D eigenvalue weighted by molar-refractivity contribution is -0.0822. The summed E-state index contributed by atoms with van der Waals surface area (Å²) in [4.78, 5) is 0.178. The molecule has 1 aliphatic rings. The van der Waals surface area contributed by atoms with Gasteiger partial charge in [0, 0.05) is 5.48 Å². The fourth-order valence-electron chi connectivity index (χ4n) is 1.11. The molecular weight excluding hydrogens is 208 g/mol. The molecule has 2 nitrogen and oxygen atoms in total. The summed E-state index contributed by atoms with van der Waals surface area (Å²) in [5, 5.41) is 0. The SMILES string of the molecule is [2H]C([2H])(N)C([2H])([2H])c1ccc2c(c1)OC(F)(F)S2. The van der Waals surface area contributed by atoms with Crippen molar-refractivity contribution in [2.75, 3.05) is 6.50 Å². The summed E-state index contributed by atoms with van der Waals surface area (Å²) in [6, 6.07) is 3.54. The van der Waals surface area contributed by atoms with Crippen LogP contribution in [0.5, 0.6) is 5.75 Å². The Morgan fingerprint density at radius 3 is 3.07 bits per heavy atom. The Morgan fingerprint density at radius 1 is 1.57 bits per heavy atom. The standard InChI is InChI=1S/C9H9F2NOS/c10-9(11)13-7-5-6(3-4-12)1-2-8(7)14-9/h1-2,5H,3-4,12H2/i3D2,4D2. The predicted octanol–water partition coefficient (Wildman–Crippen LogP) is 2.22. The van der Waals surface area contributed by atoms with Crippen LogP contribution in [0.2, 0.25) is 0 Å². The molecule has 0 unspecified atom stereocenters. The molecule has 0 radical (unpaired) electrons. The first-order valence-corrected chi connectivity index (χ1v) is 4.54. The quantitative estimate of drug-likeness (QED) is 0.831. The summed E-state index contributed by atoms with van der Waals surface area (Å²) in [5.41, 5.74) is 1.58. The van der Waals surface area contributed by atoms with Gasteiger partial charge in [-0.15, -0.1) is 0 Å². The molecule has 0 amide bonds. The third-order valence-corrected chi connectivity index (χ3v) is 2.50. The predicted molar refractivity (Wildman–Crippen MR) is 50.6 cm³/mol. The molecule has 0 saturated carbocycles. The van der Waals surface area contributed by atoms with E-state index in [-0.39, 0.29) is 28.0 Å². The average molecular weight is 221 g/mol. The molecule has 14 heavy (non-hydrogen) atoms. The van der Waals surface area contributed by atoms with E-state index in [0.717, 1.165) is 6.07 Å². The lowest BCUT2D eigenvalue weighted by Gasteiger charge is -2.05. The largest absolute Gasteiger partial charge is 0.457 e. The van der Waals surface area contributed by atoms with Gasteiger partial charge in [0.05, 0.1) is 4.90 Å². The minimum Gasteiger partial charge on any atom is -0.423 e. The number of rotatable bonds is 2. The van der Waals surface area contributed by atoms with Crippen LogP contribution in [0.15, 0.2) is 23.1 Å². The van der Waals surface area contributed by atoms with Crippen molar-refractivity contribution in [3.05, 3.63) is 23.8 Å². The average Bonchev–Trinajstić information content (AvgIpc) is 2.48. The molecular formula is C9H9F2NOS. The highest BCUT2D eigenvalue weighted by Gasteiger charge is 2.41. The van der Waals surface area contributed by atoms with E-state index in [9.17, 15) is 8.78 Å². The maximum absolute atomic E-state index is 12.9. The van der Waals surface area contributed by atoms with Crippen LogP contribution in [0, 0.1) is 0 Å². The Morgan fingerprint density at radius 2 is 2.36 bits per heavy atom. The first kappa shape index (κ1) is 5.92. The number of hydrogen-bond acceptors (Lipinski definition) is 3. The fraction of sp³-hybridized carbons (Fsp3) is 0.333. The number of alkyl halides is 2. The van der Waals surface area contributed by atoms with Gasteiger partial charge in [-0.1, -0.05) is 6.07 Å². The number of benzene rings is 1. The lowest BCUT2D eigenvalue weighted by atomic mass is 10.1. The normalized spacial score (nSPS) is 23.9. The minimum atomic E-state index is -3.38. The van der Waals surface area contributed by atoms with E-state index in [4.69, 9.17) is 11.2 Å². The van der Waals surface area contributed by atoms with Crippen LogP contribution in [0.25, 0.3) is 0 Å². The molecule has 1 aromatic rings. The van der Waals surface area contributed by atoms with Gasteiger partial charge in [0.2, 0.25) is 0 Å². The first-order chi connectivity index (χ1) is 8.03. The van der Waals surface area contributed by atoms with Crippen LogP contribution < -0.4 is 10.5 Å². The molecule has 1 aliphatic heterocycles. The molecule has 2 N–H and O–H groups in total. The van der Waals surface area contributed by atoms with E-state index in [1.165, 1.54) is 12.1 Å². The van der Waals surface area contributed by atoms with Gasteiger partial charge in [-0.2, -0.15) is 8.78 Å². The van der Waals surface area contributed by atoms with Crippen LogP contribution >= 0.6 is 11.8 Å². The van der Waals surface area contributed by atoms with Crippen molar-refractivity contribution >= 4 is 11.8 Å². The molecule has 0 saturated heterocycles. The molecule has 2 rings (SSSR count). The molecule has 0 bridgehead atoms. The highest BCUT2D eigenvalue weighted by Crippen LogP contribution is 2.49. The lowest BCUT2D eigenvalue weighted by Crippen LogP contribution is -2.13. The smallest absolute Gasteiger partial charge is 0.423 e. The Balaban J connectivity index is 2.41. The fourth-order valence-corrected chi connectivity index (χ4v) is 1.83. The molecule has 0 aliphatic carbocycles. The van der Waals surface area contributed by atoms with E-state index < -0.39 is 18.3 Å². The van der Waals surface area contributed by atoms with Crippen LogP contribution in [0.4, 0.5) is 8.78 Å². The Kier molecular flexibility index (Phi) is 1.44. The van der Waals surface area contributed by atoms with Gasteiger partial charge < -0.3 is 10.5 Å². The number of aryl methyl sites for hydroxylation is 1. The van der Waals surface area contributed by atoms with Gasteiger partial charge in [0.25, 0.3) is 0 Å². The van der Waals surface area contributed by atoms with Crippen molar-refractivity contribution in [1.29, 1.82) is 0 Å². The van der Waals surface area contributed by atoms with Crippen molar-refractivity contribution in [2.24, 2.45) is 5.73 Å². The van der Waals surface area contributed by atoms with E-state index in [2.05, 4.69) is 4.74 Å². The highest BCUT2D eigenvalue weighted by atomic mass is 32.2. The summed E-state index contributed by atoms with van der Waals surface area (Å²) in [7, 11) is 0. The molecule has 1 aromatic carbocycles. The summed E-state index contributed by atoms with van der Waals surface area (Å²) < 4.78 is 59.9. The van der Waals surface area contributed by atoms with Crippen molar-refractivity contribution in [2.45, 2.75) is 16.7 Å². The molecule has 76 valence electrons. The number of hydrogen-bond donors (Lipinski definition) is 1. The summed E-state index contributed by atoms with van der Waals surface area (Å²) >= 11 is 0.217. The number of fused-ring (bicyclic) bond motifs is 1. The zero-order valence-corrected chi connectivity index (χ0v) is 7.70. The summed E-state index contributed by atoms with van der Waals surface area (Å²) in [6.45, 7) is -2.63. The second-order valence-corrected chi connectivity index (χ2v) is 3.72. The highest BCUT2D eigenvalue weighted by molar-refractivity contribution is 8.00. The van der Waals surface area contributed by atoms with E-state index in [1.54, 1.807) is 0 Å². The molecule has 5 heteroatoms. The van der Waals surface area contributed by atoms with Crippen molar-refractivity contribution in [3.63, 3.8) is 0 Å². The Bertz CT molecular complexity index is 492. The van der Waals surface area contributed by atoms with Crippen molar-refractivity contribution in [3.8, 4) is 5.75 Å². The van der Waals surface area contributed by atoms with Gasteiger partial charge in [0.1, 0.15) is 5.75 Å². The van der Waals surface area contributed by atoms with Gasteiger partial charge in [-0.05, 0) is 42.3 Å². The number of halogens is 2. The second kappa shape index (κ2) is 3.40. The Hall–Kier alpha value is -0.810. The first-order valence-electron chi connectivity index (χ1n) is 5.72. The number of nitrogens with two attached hydrogens (primary N) is 1. The topological polar surface area (TPSA) is 35.2 Å². The van der Waals surface area contributed by atoms with Gasteiger partial charge in [0.15, 0.2) is 0 Å². The Labute approximate surface area is 90.0 Å². The molecule has 0 spiro atoms. The molecule has 0 aromatic heterocycles. The van der Waals surface area contributed by atoms with E-state index in [0.29, 0.717) is 0 Å². The monoisotopic (exact) mass is 221 g/mol. The van der Waals surface area contributed by atoms with Gasteiger partial charge in [-0.25, -0.2) is 0 Å². The van der Waals surface area contributed by atoms with Crippen LogP contribution in [0.3, 0.4) is 0 Å². The zero-order valence-electron chi connectivity index (χ0n) is 10.9. The maximum atomic E-state index is 12.9. The molecule has 1 heterocycles. The number of ether oxygens (including phenoxy) is 1. The minimum absolute atomic E-state index is 0.146. The summed E-state index contributed by atoms with van der Waals surface area (Å²) in [5.74, 6) is -0.171. The molecule has 0 atom stereocenters. The van der Waals surface area contributed by atoms with E-state index in [1.807, 2.05) is 0 Å². The van der Waals surface area contributed by atoms with E-state index >= 15 is 0 Å². The van der Waals surface area contributed by atoms with Crippen LogP contribution in [-0.4, -0.2) is 11.9 Å². The maximum Gasteiger partial charge on any atom is 0.457 e. The second-order valence-electron chi connectivity index (χ2n) is 2.60. The molecule has 0 fully saturated rings. The summed E-state index contributed by atoms with van der Waals surface area (Å²) in [6.07, 6.45) is -2.51.